The Hall–Kier alpha value is -2.07. The smallest absolute Gasteiger partial charge is 0.293 e. The van der Waals surface area contributed by atoms with Crippen LogP contribution in [0.15, 0.2) is 42.5 Å². The number of nitrogens with one attached hydrogen (secondary N) is 1. The van der Waals surface area contributed by atoms with Gasteiger partial charge in [0.1, 0.15) is 5.69 Å². The van der Waals surface area contributed by atoms with Crippen LogP contribution in [0.4, 0.5) is 11.4 Å². The summed E-state index contributed by atoms with van der Waals surface area (Å²) in [4.78, 5) is 10.6. The van der Waals surface area contributed by atoms with E-state index in [1.807, 2.05) is 37.3 Å². The second kappa shape index (κ2) is 5.71. The molecule has 19 heavy (non-hydrogen) atoms. The Labute approximate surface area is 116 Å². The van der Waals surface area contributed by atoms with Crippen LogP contribution in [0.3, 0.4) is 0 Å². The van der Waals surface area contributed by atoms with E-state index in [9.17, 15) is 10.1 Å². The normalized spacial score (nSPS) is 10.2. The fourth-order valence-corrected chi connectivity index (χ4v) is 1.91. The van der Waals surface area contributed by atoms with Crippen molar-refractivity contribution >= 4 is 23.0 Å². The monoisotopic (exact) mass is 276 g/mol. The maximum Gasteiger partial charge on any atom is 0.293 e. The van der Waals surface area contributed by atoms with Gasteiger partial charge >= 0.3 is 0 Å². The molecule has 0 aliphatic rings. The third kappa shape index (κ3) is 3.23. The second-order valence-corrected chi connectivity index (χ2v) is 4.62. The lowest BCUT2D eigenvalue weighted by atomic mass is 10.1. The molecular formula is C14H13ClN2O2. The predicted octanol–water partition coefficient (Wildman–Crippen LogP) is 4.17. The van der Waals surface area contributed by atoms with Gasteiger partial charge in [0.15, 0.2) is 0 Å². The highest BCUT2D eigenvalue weighted by molar-refractivity contribution is 6.31. The summed E-state index contributed by atoms with van der Waals surface area (Å²) >= 11 is 5.91. The highest BCUT2D eigenvalue weighted by Gasteiger charge is 2.15. The van der Waals surface area contributed by atoms with Crippen molar-refractivity contribution in [2.75, 3.05) is 5.32 Å². The molecule has 0 heterocycles. The Bertz CT molecular complexity index is 600. The molecule has 0 spiro atoms. The molecule has 4 nitrogen and oxygen atoms in total. The van der Waals surface area contributed by atoms with Crippen molar-refractivity contribution in [3.63, 3.8) is 0 Å². The standard InChI is InChI=1S/C14H13ClN2O2/c1-10-7-13(14(17(18)19)8-12(10)15)16-9-11-5-3-2-4-6-11/h2-8,16H,9H2,1H3. The zero-order chi connectivity index (χ0) is 13.8. The largest absolute Gasteiger partial charge is 0.375 e. The molecule has 1 N–H and O–H groups in total. The van der Waals surface area contributed by atoms with Gasteiger partial charge < -0.3 is 5.32 Å². The Morgan fingerprint density at radius 2 is 1.95 bits per heavy atom. The van der Waals surface area contributed by atoms with E-state index in [-0.39, 0.29) is 5.69 Å². The van der Waals surface area contributed by atoms with E-state index >= 15 is 0 Å². The average molecular weight is 277 g/mol. The molecule has 0 fully saturated rings. The molecule has 0 atom stereocenters. The van der Waals surface area contributed by atoms with Crippen LogP contribution in [0.2, 0.25) is 5.02 Å². The molecule has 0 aliphatic carbocycles. The molecule has 2 aromatic carbocycles. The summed E-state index contributed by atoms with van der Waals surface area (Å²) in [6.45, 7) is 2.35. The van der Waals surface area contributed by atoms with Crippen molar-refractivity contribution in [2.45, 2.75) is 13.5 Å². The summed E-state index contributed by atoms with van der Waals surface area (Å²) in [6.07, 6.45) is 0. The molecule has 0 aliphatic heterocycles. The molecule has 2 rings (SSSR count). The quantitative estimate of drug-likeness (QED) is 0.673. The van der Waals surface area contributed by atoms with Crippen LogP contribution in [-0.4, -0.2) is 4.92 Å². The molecular weight excluding hydrogens is 264 g/mol. The summed E-state index contributed by atoms with van der Waals surface area (Å²) in [5, 5.41) is 14.5. The lowest BCUT2D eigenvalue weighted by Crippen LogP contribution is -2.03. The number of hydrogen-bond donors (Lipinski definition) is 1. The van der Waals surface area contributed by atoms with E-state index in [0.29, 0.717) is 17.3 Å². The van der Waals surface area contributed by atoms with E-state index < -0.39 is 4.92 Å². The van der Waals surface area contributed by atoms with E-state index in [2.05, 4.69) is 5.32 Å². The molecule has 5 heteroatoms. The van der Waals surface area contributed by atoms with Gasteiger partial charge in [0, 0.05) is 12.6 Å². The van der Waals surface area contributed by atoms with Crippen LogP contribution in [-0.2, 0) is 6.54 Å². The van der Waals surface area contributed by atoms with Crippen molar-refractivity contribution in [1.29, 1.82) is 0 Å². The van der Waals surface area contributed by atoms with Gasteiger partial charge in [-0.1, -0.05) is 41.9 Å². The van der Waals surface area contributed by atoms with Crippen LogP contribution in [0.1, 0.15) is 11.1 Å². The van der Waals surface area contributed by atoms with Crippen molar-refractivity contribution in [3.8, 4) is 0 Å². The van der Waals surface area contributed by atoms with Gasteiger partial charge in [-0.15, -0.1) is 0 Å². The molecule has 0 bridgehead atoms. The maximum atomic E-state index is 11.0. The minimum Gasteiger partial charge on any atom is -0.375 e. The first-order chi connectivity index (χ1) is 9.08. The third-order valence-electron chi connectivity index (χ3n) is 2.80. The topological polar surface area (TPSA) is 55.2 Å². The minimum atomic E-state index is -0.432. The Balaban J connectivity index is 2.24. The van der Waals surface area contributed by atoms with Gasteiger partial charge in [-0.3, -0.25) is 10.1 Å². The zero-order valence-corrected chi connectivity index (χ0v) is 11.1. The van der Waals surface area contributed by atoms with Crippen molar-refractivity contribution < 1.29 is 4.92 Å². The summed E-state index contributed by atoms with van der Waals surface area (Å²) in [5.41, 5.74) is 2.34. The van der Waals surface area contributed by atoms with Gasteiger partial charge in [0.25, 0.3) is 5.69 Å². The molecule has 0 saturated heterocycles. The number of nitro groups is 1. The summed E-state index contributed by atoms with van der Waals surface area (Å²) in [7, 11) is 0. The molecule has 0 radical (unpaired) electrons. The maximum absolute atomic E-state index is 11.0. The fraction of sp³-hybridized carbons (Fsp3) is 0.143. The number of hydrogen-bond acceptors (Lipinski definition) is 3. The average Bonchev–Trinajstić information content (AvgIpc) is 2.40. The lowest BCUT2D eigenvalue weighted by molar-refractivity contribution is -0.384. The van der Waals surface area contributed by atoms with Crippen molar-refractivity contribution in [2.24, 2.45) is 0 Å². The molecule has 0 amide bonds. The van der Waals surface area contributed by atoms with E-state index in [1.54, 1.807) is 6.07 Å². The van der Waals surface area contributed by atoms with Crippen molar-refractivity contribution in [1.82, 2.24) is 0 Å². The Morgan fingerprint density at radius 1 is 1.26 bits per heavy atom. The number of rotatable bonds is 4. The van der Waals surface area contributed by atoms with Crippen LogP contribution in [0.25, 0.3) is 0 Å². The zero-order valence-electron chi connectivity index (χ0n) is 10.4. The van der Waals surface area contributed by atoms with Crippen LogP contribution >= 0.6 is 11.6 Å². The first-order valence-electron chi connectivity index (χ1n) is 5.80. The number of benzene rings is 2. The molecule has 0 saturated carbocycles. The number of nitro benzene ring substituents is 1. The second-order valence-electron chi connectivity index (χ2n) is 4.21. The Kier molecular flexibility index (Phi) is 4.02. The fourth-order valence-electron chi connectivity index (χ4n) is 1.76. The van der Waals surface area contributed by atoms with Crippen LogP contribution in [0, 0.1) is 17.0 Å². The van der Waals surface area contributed by atoms with Gasteiger partial charge in [-0.2, -0.15) is 0 Å². The highest BCUT2D eigenvalue weighted by Crippen LogP contribution is 2.31. The minimum absolute atomic E-state index is 0.00784. The lowest BCUT2D eigenvalue weighted by Gasteiger charge is -2.09. The first-order valence-corrected chi connectivity index (χ1v) is 6.18. The summed E-state index contributed by atoms with van der Waals surface area (Å²) in [6, 6.07) is 12.8. The number of nitrogens with zero attached hydrogens (tertiary/aromatic N) is 1. The van der Waals surface area contributed by atoms with Crippen LogP contribution < -0.4 is 5.32 Å². The number of halogens is 1. The van der Waals surface area contributed by atoms with Gasteiger partial charge in [0.2, 0.25) is 0 Å². The first kappa shape index (κ1) is 13.4. The van der Waals surface area contributed by atoms with Crippen molar-refractivity contribution in [3.05, 3.63) is 68.7 Å². The van der Waals surface area contributed by atoms with Gasteiger partial charge in [0.05, 0.1) is 9.95 Å². The molecule has 0 aromatic heterocycles. The molecule has 98 valence electrons. The number of aryl methyl sites for hydroxylation is 1. The molecule has 2 aromatic rings. The van der Waals surface area contributed by atoms with E-state index in [0.717, 1.165) is 11.1 Å². The van der Waals surface area contributed by atoms with E-state index in [1.165, 1.54) is 6.07 Å². The SMILES string of the molecule is Cc1cc(NCc2ccccc2)c([N+](=O)[O-])cc1Cl. The summed E-state index contributed by atoms with van der Waals surface area (Å²) < 4.78 is 0. The predicted molar refractivity (Wildman–Crippen MR) is 76.6 cm³/mol. The summed E-state index contributed by atoms with van der Waals surface area (Å²) in [5.74, 6) is 0. The highest BCUT2D eigenvalue weighted by atomic mass is 35.5. The third-order valence-corrected chi connectivity index (χ3v) is 3.21. The molecule has 0 unspecified atom stereocenters. The van der Waals surface area contributed by atoms with Gasteiger partial charge in [-0.25, -0.2) is 0 Å². The Morgan fingerprint density at radius 3 is 2.58 bits per heavy atom. The van der Waals surface area contributed by atoms with Gasteiger partial charge in [-0.05, 0) is 24.1 Å². The van der Waals surface area contributed by atoms with E-state index in [4.69, 9.17) is 11.6 Å². The van der Waals surface area contributed by atoms with Crippen LogP contribution in [0.5, 0.6) is 0 Å². The number of anilines is 1.